The number of guanidine groups is 1. The molecule has 4 N–H and O–H groups in total. The molecule has 2 aliphatic rings. The molecule has 8 nitrogen and oxygen atoms in total. The molecule has 0 radical (unpaired) electrons. The molecule has 0 unspecified atom stereocenters. The second-order valence-corrected chi connectivity index (χ2v) is 9.79. The van der Waals surface area contributed by atoms with Crippen molar-refractivity contribution in [2.24, 2.45) is 5.92 Å². The van der Waals surface area contributed by atoms with Crippen molar-refractivity contribution in [3.63, 3.8) is 0 Å². The van der Waals surface area contributed by atoms with Crippen LogP contribution in [-0.4, -0.2) is 47.7 Å². The van der Waals surface area contributed by atoms with Crippen LogP contribution in [0.1, 0.15) is 20.8 Å². The SMILES string of the molecule is CN1C(=N)N[C@@]2(c3ccc(-c4cc(N)cc(C#N)c4)s3)CN(C(=O)c3cccc(F)c3)C[C@H]2C1=O. The van der Waals surface area contributed by atoms with E-state index in [1.165, 1.54) is 46.4 Å². The number of nitrogens with two attached hydrogens (primary N) is 1. The van der Waals surface area contributed by atoms with Gasteiger partial charge < -0.3 is 16.0 Å². The largest absolute Gasteiger partial charge is 0.399 e. The van der Waals surface area contributed by atoms with E-state index in [1.54, 1.807) is 24.3 Å². The smallest absolute Gasteiger partial charge is 0.254 e. The number of fused-ring (bicyclic) bond motifs is 1. The highest BCUT2D eigenvalue weighted by atomic mass is 32.1. The summed E-state index contributed by atoms with van der Waals surface area (Å²) in [5.74, 6) is -1.86. The highest BCUT2D eigenvalue weighted by Gasteiger charge is 2.57. The number of nitrogens with zero attached hydrogens (tertiary/aromatic N) is 3. The number of carbonyl (C=O) groups is 2. The van der Waals surface area contributed by atoms with Crippen LogP contribution in [0.15, 0.2) is 54.6 Å². The molecular formula is C25H21FN6O2S. The molecule has 3 heterocycles. The number of nitriles is 1. The van der Waals surface area contributed by atoms with Gasteiger partial charge in [-0.1, -0.05) is 6.07 Å². The van der Waals surface area contributed by atoms with Gasteiger partial charge in [0.15, 0.2) is 5.96 Å². The molecule has 176 valence electrons. The van der Waals surface area contributed by atoms with Gasteiger partial charge >= 0.3 is 0 Å². The lowest BCUT2D eigenvalue weighted by Gasteiger charge is -2.42. The van der Waals surface area contributed by atoms with Gasteiger partial charge in [-0.15, -0.1) is 11.3 Å². The van der Waals surface area contributed by atoms with Gasteiger partial charge in [-0.25, -0.2) is 4.39 Å². The Morgan fingerprint density at radius 3 is 2.83 bits per heavy atom. The van der Waals surface area contributed by atoms with Crippen LogP contribution in [0.5, 0.6) is 0 Å². The lowest BCUT2D eigenvalue weighted by Crippen LogP contribution is -2.64. The minimum atomic E-state index is -1.01. The number of thiophene rings is 1. The number of nitrogens with one attached hydrogen (secondary N) is 2. The summed E-state index contributed by atoms with van der Waals surface area (Å²) in [4.78, 5) is 30.9. The van der Waals surface area contributed by atoms with Crippen LogP contribution in [-0.2, 0) is 10.3 Å². The molecular weight excluding hydrogens is 467 g/mol. The van der Waals surface area contributed by atoms with Gasteiger partial charge in [0.1, 0.15) is 11.4 Å². The standard InChI is InChI=1S/C25H21FN6O2S/c1-31-23(34)19-12-32(22(33)15-3-2-4-17(26)9-15)13-25(19,30-24(31)29)21-6-5-20(35-21)16-7-14(11-27)8-18(28)10-16/h2-10,19H,12-13,28H2,1H3,(H2,29,30)/t19-,25-/m0/s1. The number of halogens is 1. The molecule has 0 bridgehead atoms. The van der Waals surface area contributed by atoms with Crippen LogP contribution < -0.4 is 11.1 Å². The molecule has 2 fully saturated rings. The minimum absolute atomic E-state index is 0.0584. The monoisotopic (exact) mass is 488 g/mol. The molecule has 2 aliphatic heterocycles. The van der Waals surface area contributed by atoms with Gasteiger partial charge in [0.2, 0.25) is 5.91 Å². The summed E-state index contributed by atoms with van der Waals surface area (Å²) in [6.45, 7) is 0.262. The molecule has 0 spiro atoms. The molecule has 0 saturated carbocycles. The van der Waals surface area contributed by atoms with E-state index in [0.29, 0.717) is 11.3 Å². The first kappa shape index (κ1) is 22.6. The second-order valence-electron chi connectivity index (χ2n) is 8.71. The zero-order chi connectivity index (χ0) is 24.9. The Morgan fingerprint density at radius 2 is 2.09 bits per heavy atom. The van der Waals surface area contributed by atoms with Crippen molar-refractivity contribution in [2.45, 2.75) is 5.54 Å². The molecule has 0 aliphatic carbocycles. The number of nitrogen functional groups attached to an aromatic ring is 1. The van der Waals surface area contributed by atoms with Crippen molar-refractivity contribution in [2.75, 3.05) is 25.9 Å². The fourth-order valence-electron chi connectivity index (χ4n) is 4.77. The fraction of sp³-hybridized carbons (Fsp3) is 0.200. The molecule has 10 heteroatoms. The molecule has 5 rings (SSSR count). The van der Waals surface area contributed by atoms with Crippen LogP contribution in [0, 0.1) is 28.5 Å². The van der Waals surface area contributed by atoms with Crippen molar-refractivity contribution < 1.29 is 14.0 Å². The van der Waals surface area contributed by atoms with Gasteiger partial charge in [0.25, 0.3) is 5.91 Å². The maximum Gasteiger partial charge on any atom is 0.254 e. The van der Waals surface area contributed by atoms with Crippen LogP contribution in [0.2, 0.25) is 0 Å². The Morgan fingerprint density at radius 1 is 1.29 bits per heavy atom. The van der Waals surface area contributed by atoms with Crippen LogP contribution in [0.3, 0.4) is 0 Å². The summed E-state index contributed by atoms with van der Waals surface area (Å²) in [5, 5.41) is 20.9. The predicted octanol–water partition coefficient (Wildman–Crippen LogP) is 2.97. The van der Waals surface area contributed by atoms with Gasteiger partial charge in [-0.05, 0) is 54.1 Å². The lowest BCUT2D eigenvalue weighted by molar-refractivity contribution is -0.134. The van der Waals surface area contributed by atoms with Crippen molar-refractivity contribution in [3.8, 4) is 16.5 Å². The number of hydrogen-bond acceptors (Lipinski definition) is 6. The van der Waals surface area contributed by atoms with E-state index in [2.05, 4.69) is 11.4 Å². The predicted molar refractivity (Wildman–Crippen MR) is 130 cm³/mol. The number of benzene rings is 2. The normalized spacial score (nSPS) is 21.5. The van der Waals surface area contributed by atoms with Crippen LogP contribution in [0.25, 0.3) is 10.4 Å². The third-order valence-electron chi connectivity index (χ3n) is 6.52. The number of hydrogen-bond donors (Lipinski definition) is 3. The summed E-state index contributed by atoms with van der Waals surface area (Å²) < 4.78 is 13.8. The Balaban J connectivity index is 1.56. The van der Waals surface area contributed by atoms with E-state index in [1.807, 2.05) is 12.1 Å². The molecule has 2 saturated heterocycles. The van der Waals surface area contributed by atoms with Gasteiger partial charge in [-0.2, -0.15) is 5.26 Å². The number of carbonyl (C=O) groups excluding carboxylic acids is 2. The summed E-state index contributed by atoms with van der Waals surface area (Å²) in [6, 6.07) is 16.4. The molecule has 2 atom stereocenters. The summed E-state index contributed by atoms with van der Waals surface area (Å²) in [5.41, 5.74) is 6.83. The average molecular weight is 489 g/mol. The van der Waals surface area contributed by atoms with E-state index in [9.17, 15) is 19.2 Å². The summed E-state index contributed by atoms with van der Waals surface area (Å²) in [7, 11) is 1.52. The van der Waals surface area contributed by atoms with Crippen LogP contribution >= 0.6 is 11.3 Å². The highest BCUT2D eigenvalue weighted by Crippen LogP contribution is 2.45. The first-order chi connectivity index (χ1) is 16.7. The number of amides is 2. The van der Waals surface area contributed by atoms with E-state index in [-0.39, 0.29) is 36.4 Å². The maximum absolute atomic E-state index is 13.8. The molecule has 1 aromatic heterocycles. The first-order valence-corrected chi connectivity index (χ1v) is 11.6. The van der Waals surface area contributed by atoms with Crippen molar-refractivity contribution >= 4 is 34.8 Å². The zero-order valence-corrected chi connectivity index (χ0v) is 19.5. The lowest BCUT2D eigenvalue weighted by atomic mass is 9.83. The molecule has 3 aromatic rings. The van der Waals surface area contributed by atoms with E-state index < -0.39 is 17.3 Å². The average Bonchev–Trinajstić information content (AvgIpc) is 3.48. The Hall–Kier alpha value is -4.23. The third-order valence-corrected chi connectivity index (χ3v) is 7.83. The van der Waals surface area contributed by atoms with E-state index in [0.717, 1.165) is 15.3 Å². The quantitative estimate of drug-likeness (QED) is 0.489. The number of likely N-dealkylation sites (tertiary alicyclic amines) is 1. The number of anilines is 1. The minimum Gasteiger partial charge on any atom is -0.399 e. The summed E-state index contributed by atoms with van der Waals surface area (Å²) >= 11 is 1.41. The van der Waals surface area contributed by atoms with Gasteiger partial charge in [0, 0.05) is 41.1 Å². The molecule has 2 amide bonds. The fourth-order valence-corrected chi connectivity index (χ4v) is 5.95. The Kier molecular flexibility index (Phi) is 5.29. The molecule has 35 heavy (non-hydrogen) atoms. The molecule has 2 aromatic carbocycles. The summed E-state index contributed by atoms with van der Waals surface area (Å²) in [6.07, 6.45) is 0. The van der Waals surface area contributed by atoms with Crippen molar-refractivity contribution in [1.29, 1.82) is 10.7 Å². The van der Waals surface area contributed by atoms with E-state index in [4.69, 9.17) is 11.1 Å². The Labute approximate surface area is 204 Å². The van der Waals surface area contributed by atoms with Gasteiger partial charge in [0.05, 0.1) is 17.6 Å². The third kappa shape index (κ3) is 3.70. The first-order valence-electron chi connectivity index (χ1n) is 10.8. The van der Waals surface area contributed by atoms with Crippen LogP contribution in [0.4, 0.5) is 10.1 Å². The second kappa shape index (κ2) is 8.21. The zero-order valence-electron chi connectivity index (χ0n) is 18.7. The topological polar surface area (TPSA) is 126 Å². The Bertz CT molecular complexity index is 1430. The van der Waals surface area contributed by atoms with E-state index >= 15 is 0 Å². The van der Waals surface area contributed by atoms with Crippen molar-refractivity contribution in [1.82, 2.24) is 15.1 Å². The maximum atomic E-state index is 13.8. The van der Waals surface area contributed by atoms with Gasteiger partial charge in [-0.3, -0.25) is 19.9 Å². The number of rotatable bonds is 3. The van der Waals surface area contributed by atoms with Crippen molar-refractivity contribution in [3.05, 3.63) is 76.4 Å². The highest BCUT2D eigenvalue weighted by molar-refractivity contribution is 7.15.